The van der Waals surface area contributed by atoms with Gasteiger partial charge in [-0.25, -0.2) is 0 Å². The molecular weight excluding hydrogens is 423 g/mol. The van der Waals surface area contributed by atoms with Gasteiger partial charge in [0.25, 0.3) is 27.9 Å². The topological polar surface area (TPSA) is 55.4 Å². The van der Waals surface area contributed by atoms with Crippen LogP contribution < -0.4 is 0 Å². The molecule has 0 saturated carbocycles. The second kappa shape index (κ2) is 9.47. The fourth-order valence-electron chi connectivity index (χ4n) is 2.32. The smallest absolute Gasteiger partial charge is 0.420 e. The summed E-state index contributed by atoms with van der Waals surface area (Å²) >= 11 is 0. The number of hydrogen-bond acceptors (Lipinski definition) is 6. The van der Waals surface area contributed by atoms with Crippen molar-refractivity contribution in [3.05, 3.63) is 0 Å². The minimum atomic E-state index is -5.52. The molecule has 1 aliphatic rings. The highest BCUT2D eigenvalue weighted by molar-refractivity contribution is 6.81. The Morgan fingerprint density at radius 2 is 1.48 bits per heavy atom. The van der Waals surface area contributed by atoms with Crippen molar-refractivity contribution in [3.8, 4) is 0 Å². The Bertz CT molecular complexity index is 408. The van der Waals surface area contributed by atoms with Crippen LogP contribution in [0.4, 0.5) is 22.1 Å². The van der Waals surface area contributed by atoms with E-state index in [2.05, 4.69) is 9.68 Å². The van der Waals surface area contributed by atoms with Gasteiger partial charge in [-0.3, -0.25) is 0 Å². The molecule has 1 aliphatic heterocycles. The van der Waals surface area contributed by atoms with Crippen molar-refractivity contribution >= 4 is 36.4 Å². The Labute approximate surface area is 149 Å². The number of rotatable bonds is 7. The Balaban J connectivity index is 2.45. The first kappa shape index (κ1) is 23.3. The van der Waals surface area contributed by atoms with Gasteiger partial charge in [-0.2, -0.15) is 17.6 Å². The van der Waals surface area contributed by atoms with E-state index in [9.17, 15) is 22.1 Å². The van der Waals surface area contributed by atoms with Gasteiger partial charge in [0.05, 0.1) is 0 Å². The van der Waals surface area contributed by atoms with Gasteiger partial charge in [-0.05, 0) is 43.2 Å². The highest BCUT2D eigenvalue weighted by atomic mass is 28.5. The van der Waals surface area contributed by atoms with Gasteiger partial charge in [-0.1, -0.05) is 0 Å². The molecule has 150 valence electrons. The maximum absolute atomic E-state index is 13.2. The van der Waals surface area contributed by atoms with Crippen LogP contribution in [0.5, 0.6) is 0 Å². The van der Waals surface area contributed by atoms with E-state index in [1.165, 1.54) is 0 Å². The summed E-state index contributed by atoms with van der Waals surface area (Å²) in [5.41, 5.74) is 0. The van der Waals surface area contributed by atoms with Crippen LogP contribution in [-0.2, 0) is 26.1 Å². The zero-order chi connectivity index (χ0) is 19.3. The summed E-state index contributed by atoms with van der Waals surface area (Å²) < 4.78 is 90.0. The van der Waals surface area contributed by atoms with E-state index in [4.69, 9.17) is 16.5 Å². The van der Waals surface area contributed by atoms with Crippen LogP contribution in [0, 0.1) is 0 Å². The fraction of sp³-hybridized carbons (Fsp3) is 1.00. The van der Waals surface area contributed by atoms with Crippen molar-refractivity contribution in [3.63, 3.8) is 0 Å². The van der Waals surface area contributed by atoms with Crippen molar-refractivity contribution in [2.24, 2.45) is 0 Å². The van der Waals surface area contributed by atoms with E-state index in [1.807, 2.05) is 26.2 Å². The van der Waals surface area contributed by atoms with Crippen LogP contribution in [0.2, 0.25) is 32.2 Å². The zero-order valence-corrected chi connectivity index (χ0v) is 18.9. The summed E-state index contributed by atoms with van der Waals surface area (Å²) in [7, 11) is -8.20. The van der Waals surface area contributed by atoms with Gasteiger partial charge in [0.2, 0.25) is 0 Å². The van der Waals surface area contributed by atoms with Gasteiger partial charge in [0.15, 0.2) is 0 Å². The Morgan fingerprint density at radius 3 is 1.92 bits per heavy atom. The predicted octanol–water partition coefficient (Wildman–Crippen LogP) is 2.23. The number of halogens is 5. The second-order valence-corrected chi connectivity index (χ2v) is 16.0. The first-order valence-corrected chi connectivity index (χ1v) is 16.5. The van der Waals surface area contributed by atoms with E-state index in [0.29, 0.717) is 6.04 Å². The lowest BCUT2D eigenvalue weighted by Gasteiger charge is -2.37. The third-order valence-corrected chi connectivity index (χ3v) is 17.4. The summed E-state index contributed by atoms with van der Waals surface area (Å²) in [5.74, 6) is -4.47. The summed E-state index contributed by atoms with van der Waals surface area (Å²) in [5, 5.41) is 0. The van der Waals surface area contributed by atoms with Gasteiger partial charge in [-0.15, -0.1) is 4.94 Å². The molecular formula is C10H23F5O6Si4. The maximum Gasteiger partial charge on any atom is 0.454 e. The fourth-order valence-corrected chi connectivity index (χ4v) is 17.0. The van der Waals surface area contributed by atoms with Crippen LogP contribution >= 0.6 is 0 Å². The third-order valence-electron chi connectivity index (χ3n) is 3.35. The normalized spacial score (nSPS) is 34.2. The van der Waals surface area contributed by atoms with E-state index < -0.39 is 55.1 Å². The van der Waals surface area contributed by atoms with Crippen LogP contribution in [0.15, 0.2) is 0 Å². The molecule has 25 heavy (non-hydrogen) atoms. The van der Waals surface area contributed by atoms with Crippen LogP contribution in [0.3, 0.4) is 0 Å². The molecule has 1 fully saturated rings. The zero-order valence-electron chi connectivity index (χ0n) is 14.4. The molecule has 1 heterocycles. The maximum atomic E-state index is 13.2. The van der Waals surface area contributed by atoms with E-state index in [-0.39, 0.29) is 13.0 Å². The molecule has 6 nitrogen and oxygen atoms in total. The molecule has 0 N–H and O–H groups in total. The van der Waals surface area contributed by atoms with Gasteiger partial charge >= 0.3 is 20.6 Å². The van der Waals surface area contributed by atoms with Crippen molar-refractivity contribution in [1.82, 2.24) is 0 Å². The Kier molecular flexibility index (Phi) is 8.83. The molecule has 0 radical (unpaired) electrons. The van der Waals surface area contributed by atoms with Crippen molar-refractivity contribution < 1.29 is 48.2 Å². The monoisotopic (exact) mass is 446 g/mol. The van der Waals surface area contributed by atoms with Crippen molar-refractivity contribution in [2.45, 2.75) is 50.7 Å². The molecule has 0 bridgehead atoms. The molecule has 0 spiro atoms. The lowest BCUT2D eigenvalue weighted by Crippen LogP contribution is -2.53. The summed E-state index contributed by atoms with van der Waals surface area (Å²) in [6.07, 6.45) is -5.26. The predicted molar refractivity (Wildman–Crippen MR) is 87.3 cm³/mol. The van der Waals surface area contributed by atoms with Gasteiger partial charge < -0.3 is 21.2 Å². The second-order valence-electron chi connectivity index (χ2n) is 5.80. The summed E-state index contributed by atoms with van der Waals surface area (Å²) in [6.45, 7) is 5.63. The molecule has 3 atom stereocenters. The minimum absolute atomic E-state index is 0.223. The molecule has 0 aromatic carbocycles. The molecule has 3 unspecified atom stereocenters. The quantitative estimate of drug-likeness (QED) is 0.340. The summed E-state index contributed by atoms with van der Waals surface area (Å²) in [6, 6.07) is 0.409. The molecule has 1 saturated heterocycles. The largest absolute Gasteiger partial charge is 0.454 e. The van der Waals surface area contributed by atoms with Crippen molar-refractivity contribution in [1.29, 1.82) is 0 Å². The Hall–Kier alpha value is 0.278. The van der Waals surface area contributed by atoms with Crippen LogP contribution in [0.1, 0.15) is 6.42 Å². The highest BCUT2D eigenvalue weighted by Gasteiger charge is 2.59. The van der Waals surface area contributed by atoms with Crippen molar-refractivity contribution in [2.75, 3.05) is 13.2 Å². The van der Waals surface area contributed by atoms with E-state index in [0.717, 1.165) is 0 Å². The molecule has 15 heteroatoms. The van der Waals surface area contributed by atoms with E-state index in [1.54, 1.807) is 0 Å². The molecule has 0 aliphatic carbocycles. The van der Waals surface area contributed by atoms with Crippen LogP contribution in [0.25, 0.3) is 0 Å². The lowest BCUT2D eigenvalue weighted by molar-refractivity contribution is -0.411. The Morgan fingerprint density at radius 1 is 0.960 bits per heavy atom. The van der Waals surface area contributed by atoms with E-state index >= 15 is 0 Å². The minimum Gasteiger partial charge on any atom is -0.420 e. The SMILES string of the molecule is C[SiH]1O[SiH](C)O[Si](C)(CCCOCC(F)(OF)C(F)(F)F)O[SiH](C)O1. The number of alkyl halides is 4. The highest BCUT2D eigenvalue weighted by Crippen LogP contribution is 2.35. The molecule has 0 aromatic heterocycles. The van der Waals surface area contributed by atoms with Gasteiger partial charge in [0.1, 0.15) is 6.61 Å². The molecule has 0 aromatic rings. The third kappa shape index (κ3) is 7.43. The number of ether oxygens (including phenoxy) is 1. The first-order chi connectivity index (χ1) is 11.4. The molecule has 1 rings (SSSR count). The molecule has 0 amide bonds. The first-order valence-electron chi connectivity index (χ1n) is 7.70. The average molecular weight is 447 g/mol. The summed E-state index contributed by atoms with van der Waals surface area (Å²) in [4.78, 5) is 2.41. The standard InChI is InChI=1S/C10H23F5O6Si4/c1-22-18-23(2)20-25(4,21-24(3)19-22)7-5-6-16-8-9(11,17-15)10(12,13)14/h22-24H,5-8H2,1-4H3. The average Bonchev–Trinajstić information content (AvgIpc) is 2.43. The number of hydrogen-bond donors (Lipinski definition) is 0. The lowest BCUT2D eigenvalue weighted by atomic mass is 10.3. The van der Waals surface area contributed by atoms with Crippen LogP contribution in [-0.4, -0.2) is 61.7 Å². The van der Waals surface area contributed by atoms with Gasteiger partial charge in [0, 0.05) is 6.61 Å².